The van der Waals surface area contributed by atoms with Crippen LogP contribution in [0, 0.1) is 5.82 Å². The standard InChI is InChI=1S/C13H17FN2O2/c1-15-5-7-16(8-6-15)12-4-3-10(9-11(12)14)13(17)18-2/h3-4,9H,5-8H2,1-2H3. The van der Waals surface area contributed by atoms with Gasteiger partial charge in [0.05, 0.1) is 18.4 Å². The average Bonchev–Trinajstić information content (AvgIpc) is 2.39. The zero-order valence-corrected chi connectivity index (χ0v) is 10.6. The molecule has 5 heteroatoms. The van der Waals surface area contributed by atoms with Gasteiger partial charge in [0.2, 0.25) is 0 Å². The molecule has 0 spiro atoms. The highest BCUT2D eigenvalue weighted by Crippen LogP contribution is 2.22. The first kappa shape index (κ1) is 12.8. The molecule has 1 fully saturated rings. The quantitative estimate of drug-likeness (QED) is 0.744. The van der Waals surface area contributed by atoms with Crippen molar-refractivity contribution in [1.29, 1.82) is 0 Å². The minimum atomic E-state index is -0.515. The number of carbonyl (C=O) groups is 1. The van der Waals surface area contributed by atoms with Gasteiger partial charge in [-0.05, 0) is 25.2 Å². The molecule has 0 N–H and O–H groups in total. The molecule has 4 nitrogen and oxygen atoms in total. The highest BCUT2D eigenvalue weighted by Gasteiger charge is 2.18. The number of esters is 1. The average molecular weight is 252 g/mol. The molecule has 0 amide bonds. The van der Waals surface area contributed by atoms with Gasteiger partial charge in [0, 0.05) is 26.2 Å². The van der Waals surface area contributed by atoms with Crippen LogP contribution >= 0.6 is 0 Å². The molecule has 0 atom stereocenters. The molecule has 0 radical (unpaired) electrons. The van der Waals surface area contributed by atoms with Crippen molar-refractivity contribution in [3.8, 4) is 0 Å². The summed E-state index contributed by atoms with van der Waals surface area (Å²) in [4.78, 5) is 15.5. The second-order valence-corrected chi connectivity index (χ2v) is 4.45. The molecule has 1 aromatic rings. The fraction of sp³-hybridized carbons (Fsp3) is 0.462. The van der Waals surface area contributed by atoms with Gasteiger partial charge in [0.1, 0.15) is 5.82 Å². The van der Waals surface area contributed by atoms with E-state index < -0.39 is 5.97 Å². The monoisotopic (exact) mass is 252 g/mol. The van der Waals surface area contributed by atoms with Crippen LogP contribution in [-0.4, -0.2) is 51.2 Å². The molecular formula is C13H17FN2O2. The summed E-state index contributed by atoms with van der Waals surface area (Å²) in [7, 11) is 3.34. The van der Waals surface area contributed by atoms with E-state index in [-0.39, 0.29) is 11.4 Å². The Balaban J connectivity index is 2.17. The number of piperazine rings is 1. The minimum absolute atomic E-state index is 0.243. The number of hydrogen-bond donors (Lipinski definition) is 0. The summed E-state index contributed by atoms with van der Waals surface area (Å²) >= 11 is 0. The number of hydrogen-bond acceptors (Lipinski definition) is 4. The van der Waals surface area contributed by atoms with Gasteiger partial charge in [-0.2, -0.15) is 0 Å². The number of halogens is 1. The maximum absolute atomic E-state index is 14.0. The van der Waals surface area contributed by atoms with Crippen LogP contribution < -0.4 is 4.90 Å². The third-order valence-electron chi connectivity index (χ3n) is 3.21. The molecule has 0 aliphatic carbocycles. The number of ether oxygens (including phenoxy) is 1. The Kier molecular flexibility index (Phi) is 3.81. The molecular weight excluding hydrogens is 235 g/mol. The number of carbonyl (C=O) groups excluding carboxylic acids is 1. The van der Waals surface area contributed by atoms with Crippen molar-refractivity contribution in [3.05, 3.63) is 29.6 Å². The molecule has 1 aliphatic rings. The van der Waals surface area contributed by atoms with E-state index in [4.69, 9.17) is 0 Å². The normalized spacial score (nSPS) is 16.7. The summed E-state index contributed by atoms with van der Waals surface area (Å²) < 4.78 is 18.5. The predicted octanol–water partition coefficient (Wildman–Crippen LogP) is 1.36. The van der Waals surface area contributed by atoms with Crippen LogP contribution in [0.15, 0.2) is 18.2 Å². The SMILES string of the molecule is COC(=O)c1ccc(N2CCN(C)CC2)c(F)c1. The van der Waals surface area contributed by atoms with E-state index in [1.807, 2.05) is 11.9 Å². The summed E-state index contributed by atoms with van der Waals surface area (Å²) in [5, 5.41) is 0. The van der Waals surface area contributed by atoms with E-state index >= 15 is 0 Å². The molecule has 98 valence electrons. The third kappa shape index (κ3) is 2.61. The number of methoxy groups -OCH3 is 1. The Morgan fingerprint density at radius 3 is 2.50 bits per heavy atom. The largest absolute Gasteiger partial charge is 0.465 e. The van der Waals surface area contributed by atoms with Crippen LogP contribution in [0.4, 0.5) is 10.1 Å². The lowest BCUT2D eigenvalue weighted by atomic mass is 10.1. The van der Waals surface area contributed by atoms with Crippen molar-refractivity contribution in [1.82, 2.24) is 4.90 Å². The molecule has 1 saturated heterocycles. The first-order chi connectivity index (χ1) is 8.61. The van der Waals surface area contributed by atoms with E-state index in [2.05, 4.69) is 9.64 Å². The zero-order valence-electron chi connectivity index (χ0n) is 10.6. The Hall–Kier alpha value is -1.62. The van der Waals surface area contributed by atoms with Crippen LogP contribution in [0.2, 0.25) is 0 Å². The number of likely N-dealkylation sites (N-methyl/N-ethyl adjacent to an activating group) is 1. The predicted molar refractivity (Wildman–Crippen MR) is 67.4 cm³/mol. The minimum Gasteiger partial charge on any atom is -0.465 e. The van der Waals surface area contributed by atoms with Gasteiger partial charge in [0.25, 0.3) is 0 Å². The lowest BCUT2D eigenvalue weighted by molar-refractivity contribution is 0.0600. The van der Waals surface area contributed by atoms with Crippen molar-refractivity contribution in [2.24, 2.45) is 0 Å². The van der Waals surface area contributed by atoms with E-state index in [1.54, 1.807) is 12.1 Å². The Labute approximate surface area is 106 Å². The second kappa shape index (κ2) is 5.35. The number of anilines is 1. The van der Waals surface area contributed by atoms with Crippen molar-refractivity contribution in [3.63, 3.8) is 0 Å². The van der Waals surface area contributed by atoms with Crippen LogP contribution in [0.1, 0.15) is 10.4 Å². The van der Waals surface area contributed by atoms with Crippen molar-refractivity contribution in [2.45, 2.75) is 0 Å². The van der Waals surface area contributed by atoms with Crippen LogP contribution in [0.3, 0.4) is 0 Å². The first-order valence-electron chi connectivity index (χ1n) is 5.93. The van der Waals surface area contributed by atoms with Crippen LogP contribution in [0.5, 0.6) is 0 Å². The Morgan fingerprint density at radius 1 is 1.28 bits per heavy atom. The van der Waals surface area contributed by atoms with Gasteiger partial charge in [-0.3, -0.25) is 0 Å². The first-order valence-corrected chi connectivity index (χ1v) is 5.93. The fourth-order valence-corrected chi connectivity index (χ4v) is 2.06. The third-order valence-corrected chi connectivity index (χ3v) is 3.21. The fourth-order valence-electron chi connectivity index (χ4n) is 2.06. The van der Waals surface area contributed by atoms with E-state index in [1.165, 1.54) is 13.2 Å². The molecule has 18 heavy (non-hydrogen) atoms. The number of rotatable bonds is 2. The molecule has 1 heterocycles. The molecule has 2 rings (SSSR count). The lowest BCUT2D eigenvalue weighted by Gasteiger charge is -2.34. The van der Waals surface area contributed by atoms with Gasteiger partial charge < -0.3 is 14.5 Å². The molecule has 0 bridgehead atoms. The number of nitrogens with zero attached hydrogens (tertiary/aromatic N) is 2. The van der Waals surface area contributed by atoms with Crippen molar-refractivity contribution in [2.75, 3.05) is 45.2 Å². The van der Waals surface area contributed by atoms with Gasteiger partial charge in [-0.1, -0.05) is 0 Å². The van der Waals surface area contributed by atoms with Crippen molar-refractivity contribution >= 4 is 11.7 Å². The second-order valence-electron chi connectivity index (χ2n) is 4.45. The Bertz CT molecular complexity index is 443. The van der Waals surface area contributed by atoms with Gasteiger partial charge in [-0.25, -0.2) is 9.18 Å². The molecule has 0 aromatic heterocycles. The zero-order chi connectivity index (χ0) is 13.1. The summed E-state index contributed by atoms with van der Waals surface area (Å²) in [5.41, 5.74) is 0.795. The summed E-state index contributed by atoms with van der Waals surface area (Å²) in [6.07, 6.45) is 0. The summed E-state index contributed by atoms with van der Waals surface area (Å²) in [6, 6.07) is 4.48. The summed E-state index contributed by atoms with van der Waals surface area (Å²) in [5.74, 6) is -0.888. The maximum atomic E-state index is 14.0. The smallest absolute Gasteiger partial charge is 0.337 e. The summed E-state index contributed by atoms with van der Waals surface area (Å²) in [6.45, 7) is 3.42. The molecule has 1 aromatic carbocycles. The van der Waals surface area contributed by atoms with Gasteiger partial charge in [0.15, 0.2) is 0 Å². The Morgan fingerprint density at radius 2 is 1.94 bits per heavy atom. The highest BCUT2D eigenvalue weighted by atomic mass is 19.1. The van der Waals surface area contributed by atoms with Gasteiger partial charge in [-0.15, -0.1) is 0 Å². The highest BCUT2D eigenvalue weighted by molar-refractivity contribution is 5.89. The lowest BCUT2D eigenvalue weighted by Crippen LogP contribution is -2.44. The molecule has 0 unspecified atom stereocenters. The maximum Gasteiger partial charge on any atom is 0.337 e. The topological polar surface area (TPSA) is 32.8 Å². The number of benzene rings is 1. The van der Waals surface area contributed by atoms with Gasteiger partial charge >= 0.3 is 5.97 Å². The van der Waals surface area contributed by atoms with Crippen LogP contribution in [0.25, 0.3) is 0 Å². The van der Waals surface area contributed by atoms with Crippen molar-refractivity contribution < 1.29 is 13.9 Å². The van der Waals surface area contributed by atoms with E-state index in [0.29, 0.717) is 5.69 Å². The van der Waals surface area contributed by atoms with Crippen LogP contribution in [-0.2, 0) is 4.74 Å². The molecule has 1 aliphatic heterocycles. The van der Waals surface area contributed by atoms with E-state index in [9.17, 15) is 9.18 Å². The molecule has 0 saturated carbocycles. The van der Waals surface area contributed by atoms with E-state index in [0.717, 1.165) is 26.2 Å².